The average molecular weight is 576 g/mol. The second kappa shape index (κ2) is 12.0. The van der Waals surface area contributed by atoms with E-state index in [0.717, 1.165) is 55.3 Å². The summed E-state index contributed by atoms with van der Waals surface area (Å²) < 4.78 is 37.4. The lowest BCUT2D eigenvalue weighted by Gasteiger charge is -2.27. The lowest BCUT2D eigenvalue weighted by Crippen LogP contribution is -2.43. The topological polar surface area (TPSA) is 89.2 Å². The van der Waals surface area contributed by atoms with E-state index in [1.54, 1.807) is 21.6 Å². The number of aryl methyl sites for hydroxylation is 1. The average Bonchev–Trinajstić information content (AvgIpc) is 3.68. The van der Waals surface area contributed by atoms with E-state index >= 15 is 0 Å². The Kier molecular flexibility index (Phi) is 8.03. The van der Waals surface area contributed by atoms with Gasteiger partial charge in [0, 0.05) is 56.5 Å². The standard InChI is InChI=1S/C31H35F2N7O2/c1-20-29(22-15-34-38(2)16-22)37-40(23-8-4-3-5-9-23)30(20)36-31(41)35-28-19-39(17-24-10-6-7-13-42-24)18-25(28)21-11-12-26(32)27(33)14-21/h3-5,8-9,11-12,14-16,24-25,28H,6-7,10,13,17-19H2,1-2H3,(H2,35,36,41)/t24?,25-,28+/m0/s1. The largest absolute Gasteiger partial charge is 0.377 e. The summed E-state index contributed by atoms with van der Waals surface area (Å²) >= 11 is 0. The Morgan fingerprint density at radius 3 is 2.64 bits per heavy atom. The van der Waals surface area contributed by atoms with Crippen molar-refractivity contribution in [3.63, 3.8) is 0 Å². The van der Waals surface area contributed by atoms with Gasteiger partial charge in [-0.2, -0.15) is 10.2 Å². The normalized spacial score (nSPS) is 21.0. The molecule has 42 heavy (non-hydrogen) atoms. The van der Waals surface area contributed by atoms with Crippen molar-refractivity contribution in [3.05, 3.63) is 83.7 Å². The molecule has 2 amide bonds. The maximum atomic E-state index is 14.2. The molecule has 2 fully saturated rings. The van der Waals surface area contributed by atoms with Crippen molar-refractivity contribution in [2.75, 3.05) is 31.6 Å². The summed E-state index contributed by atoms with van der Waals surface area (Å²) in [5.74, 6) is -1.47. The molecule has 1 unspecified atom stereocenters. The molecule has 2 aromatic carbocycles. The van der Waals surface area contributed by atoms with Crippen LogP contribution in [0.4, 0.5) is 19.4 Å². The van der Waals surface area contributed by atoms with Crippen LogP contribution in [-0.4, -0.2) is 68.9 Å². The number of para-hydroxylation sites is 1. The highest BCUT2D eigenvalue weighted by molar-refractivity contribution is 5.91. The number of hydrogen-bond acceptors (Lipinski definition) is 5. The molecule has 2 N–H and O–H groups in total. The van der Waals surface area contributed by atoms with E-state index in [2.05, 4.69) is 20.6 Å². The number of carbonyl (C=O) groups excluding carboxylic acids is 1. The number of anilines is 1. The fourth-order valence-electron chi connectivity index (χ4n) is 6.03. The van der Waals surface area contributed by atoms with Gasteiger partial charge in [0.05, 0.1) is 24.0 Å². The first-order chi connectivity index (χ1) is 20.4. The number of nitrogens with zero attached hydrogens (tertiary/aromatic N) is 5. The van der Waals surface area contributed by atoms with Crippen molar-refractivity contribution in [1.29, 1.82) is 0 Å². The molecule has 2 saturated heterocycles. The number of aromatic nitrogens is 4. The van der Waals surface area contributed by atoms with Crippen LogP contribution in [0.5, 0.6) is 0 Å². The zero-order chi connectivity index (χ0) is 29.2. The highest BCUT2D eigenvalue weighted by atomic mass is 19.2. The lowest BCUT2D eigenvalue weighted by atomic mass is 9.94. The van der Waals surface area contributed by atoms with Crippen LogP contribution in [0, 0.1) is 18.6 Å². The molecular weight excluding hydrogens is 540 g/mol. The van der Waals surface area contributed by atoms with Gasteiger partial charge in [0.25, 0.3) is 0 Å². The molecule has 220 valence electrons. The van der Waals surface area contributed by atoms with Crippen LogP contribution in [0.2, 0.25) is 0 Å². The van der Waals surface area contributed by atoms with Crippen molar-refractivity contribution in [3.8, 4) is 16.9 Å². The number of amides is 2. The third kappa shape index (κ3) is 5.93. The van der Waals surface area contributed by atoms with Gasteiger partial charge in [-0.3, -0.25) is 14.9 Å². The number of halogens is 2. The Balaban J connectivity index is 1.25. The number of hydrogen-bond donors (Lipinski definition) is 2. The van der Waals surface area contributed by atoms with Crippen molar-refractivity contribution in [2.24, 2.45) is 7.05 Å². The van der Waals surface area contributed by atoms with Gasteiger partial charge < -0.3 is 10.1 Å². The second-order valence-corrected chi connectivity index (χ2v) is 11.2. The molecule has 0 bridgehead atoms. The summed E-state index contributed by atoms with van der Waals surface area (Å²) in [5.41, 5.74) is 3.78. The Labute approximate surface area is 243 Å². The smallest absolute Gasteiger partial charge is 0.320 e. The lowest BCUT2D eigenvalue weighted by molar-refractivity contribution is -0.00223. The first kappa shape index (κ1) is 28.0. The SMILES string of the molecule is Cc1c(-c2cnn(C)c2)nn(-c2ccccc2)c1NC(=O)N[C@@H]1CN(CC2CCCCO2)C[C@H]1c1ccc(F)c(F)c1. The van der Waals surface area contributed by atoms with E-state index in [0.29, 0.717) is 30.2 Å². The van der Waals surface area contributed by atoms with Crippen molar-refractivity contribution in [1.82, 2.24) is 29.8 Å². The van der Waals surface area contributed by atoms with Gasteiger partial charge in [-0.05, 0) is 56.0 Å². The molecule has 2 aliphatic rings. The third-order valence-electron chi connectivity index (χ3n) is 8.15. The van der Waals surface area contributed by atoms with Crippen LogP contribution >= 0.6 is 0 Å². The maximum Gasteiger partial charge on any atom is 0.320 e. The Morgan fingerprint density at radius 2 is 1.93 bits per heavy atom. The highest BCUT2D eigenvalue weighted by Gasteiger charge is 2.37. The van der Waals surface area contributed by atoms with Gasteiger partial charge in [-0.25, -0.2) is 18.3 Å². The van der Waals surface area contributed by atoms with E-state index in [9.17, 15) is 13.6 Å². The highest BCUT2D eigenvalue weighted by Crippen LogP contribution is 2.32. The van der Waals surface area contributed by atoms with Crippen LogP contribution < -0.4 is 10.6 Å². The fourth-order valence-corrected chi connectivity index (χ4v) is 6.03. The van der Waals surface area contributed by atoms with Crippen LogP contribution in [-0.2, 0) is 11.8 Å². The van der Waals surface area contributed by atoms with Gasteiger partial charge in [-0.1, -0.05) is 24.3 Å². The quantitative estimate of drug-likeness (QED) is 0.323. The summed E-state index contributed by atoms with van der Waals surface area (Å²) in [5, 5.41) is 15.3. The van der Waals surface area contributed by atoms with Crippen LogP contribution in [0.15, 0.2) is 60.9 Å². The van der Waals surface area contributed by atoms with Gasteiger partial charge in [0.2, 0.25) is 0 Å². The summed E-state index contributed by atoms with van der Waals surface area (Å²) in [4.78, 5) is 15.8. The summed E-state index contributed by atoms with van der Waals surface area (Å²) in [6.07, 6.45) is 6.94. The summed E-state index contributed by atoms with van der Waals surface area (Å²) in [6.45, 7) is 4.56. The van der Waals surface area contributed by atoms with Gasteiger partial charge >= 0.3 is 6.03 Å². The first-order valence-corrected chi connectivity index (χ1v) is 14.4. The predicted octanol–water partition coefficient (Wildman–Crippen LogP) is 5.02. The molecular formula is C31H35F2N7O2. The minimum Gasteiger partial charge on any atom is -0.377 e. The minimum atomic E-state index is -0.893. The maximum absolute atomic E-state index is 14.2. The molecule has 0 radical (unpaired) electrons. The number of carbonyl (C=O) groups is 1. The Hall–Kier alpha value is -4.09. The molecule has 2 aliphatic heterocycles. The predicted molar refractivity (Wildman–Crippen MR) is 156 cm³/mol. The molecule has 0 saturated carbocycles. The van der Waals surface area contributed by atoms with E-state index in [1.165, 1.54) is 6.07 Å². The third-order valence-corrected chi connectivity index (χ3v) is 8.15. The van der Waals surface area contributed by atoms with E-state index < -0.39 is 17.7 Å². The molecule has 2 aromatic heterocycles. The number of benzene rings is 2. The van der Waals surface area contributed by atoms with Gasteiger partial charge in [0.15, 0.2) is 11.6 Å². The fraction of sp³-hybridized carbons (Fsp3) is 0.387. The Morgan fingerprint density at radius 1 is 1.10 bits per heavy atom. The number of likely N-dealkylation sites (tertiary alicyclic amines) is 1. The number of ether oxygens (including phenoxy) is 1. The molecule has 9 nitrogen and oxygen atoms in total. The van der Waals surface area contributed by atoms with Crippen molar-refractivity contribution in [2.45, 2.75) is 44.2 Å². The van der Waals surface area contributed by atoms with E-state index in [1.807, 2.05) is 50.5 Å². The van der Waals surface area contributed by atoms with E-state index in [-0.39, 0.29) is 18.1 Å². The van der Waals surface area contributed by atoms with Gasteiger partial charge in [0.1, 0.15) is 11.5 Å². The monoisotopic (exact) mass is 575 g/mol. The molecule has 4 aromatic rings. The molecule has 0 aliphatic carbocycles. The number of nitrogens with one attached hydrogen (secondary N) is 2. The number of urea groups is 1. The van der Waals surface area contributed by atoms with Gasteiger partial charge in [-0.15, -0.1) is 0 Å². The Bertz CT molecular complexity index is 1550. The zero-order valence-electron chi connectivity index (χ0n) is 23.8. The molecule has 11 heteroatoms. The van der Waals surface area contributed by atoms with Crippen LogP contribution in [0.25, 0.3) is 16.9 Å². The van der Waals surface area contributed by atoms with Crippen LogP contribution in [0.1, 0.15) is 36.3 Å². The molecule has 3 atom stereocenters. The number of rotatable bonds is 7. The van der Waals surface area contributed by atoms with Crippen molar-refractivity contribution >= 4 is 11.8 Å². The molecule has 6 rings (SSSR count). The van der Waals surface area contributed by atoms with Crippen molar-refractivity contribution < 1.29 is 18.3 Å². The first-order valence-electron chi connectivity index (χ1n) is 14.4. The minimum absolute atomic E-state index is 0.130. The molecule has 0 spiro atoms. The molecule has 4 heterocycles. The second-order valence-electron chi connectivity index (χ2n) is 11.2. The summed E-state index contributed by atoms with van der Waals surface area (Å²) in [7, 11) is 1.84. The van der Waals surface area contributed by atoms with E-state index in [4.69, 9.17) is 9.84 Å². The summed E-state index contributed by atoms with van der Waals surface area (Å²) in [6, 6.07) is 12.8. The zero-order valence-corrected chi connectivity index (χ0v) is 23.8. The van der Waals surface area contributed by atoms with Crippen LogP contribution in [0.3, 0.4) is 0 Å².